The van der Waals surface area contributed by atoms with E-state index in [2.05, 4.69) is 30.2 Å². The number of nitrogens with one attached hydrogen (secondary N) is 1. The smallest absolute Gasteiger partial charge is 0.0544 e. The fraction of sp³-hybridized carbons (Fsp3) is 0.643. The summed E-state index contributed by atoms with van der Waals surface area (Å²) in [6.45, 7) is 9.87. The van der Waals surface area contributed by atoms with Crippen LogP contribution < -0.4 is 5.32 Å². The number of ether oxygens (including phenoxy) is 1. The SMILES string of the molecule is Cc1cccc(CNCCCOCC(C)C)n1. The molecular formula is C14H24N2O. The molecule has 0 fully saturated rings. The molecule has 0 spiro atoms. The zero-order valence-electron chi connectivity index (χ0n) is 11.2. The minimum Gasteiger partial charge on any atom is -0.381 e. The zero-order valence-corrected chi connectivity index (χ0v) is 11.2. The Labute approximate surface area is 105 Å². The van der Waals surface area contributed by atoms with Gasteiger partial charge in [0.25, 0.3) is 0 Å². The maximum Gasteiger partial charge on any atom is 0.0544 e. The molecule has 0 unspecified atom stereocenters. The van der Waals surface area contributed by atoms with Gasteiger partial charge in [0.05, 0.1) is 5.69 Å². The molecule has 0 radical (unpaired) electrons. The minimum atomic E-state index is 0.624. The van der Waals surface area contributed by atoms with Gasteiger partial charge in [-0.3, -0.25) is 4.98 Å². The number of hydrogen-bond acceptors (Lipinski definition) is 3. The highest BCUT2D eigenvalue weighted by atomic mass is 16.5. The predicted octanol–water partition coefficient (Wildman–Crippen LogP) is 2.54. The maximum atomic E-state index is 5.51. The summed E-state index contributed by atoms with van der Waals surface area (Å²) >= 11 is 0. The average Bonchev–Trinajstić information content (AvgIpc) is 2.27. The van der Waals surface area contributed by atoms with Gasteiger partial charge in [-0.1, -0.05) is 19.9 Å². The quantitative estimate of drug-likeness (QED) is 0.704. The molecule has 0 atom stereocenters. The summed E-state index contributed by atoms with van der Waals surface area (Å²) < 4.78 is 5.51. The summed E-state index contributed by atoms with van der Waals surface area (Å²) in [5.74, 6) is 0.624. The lowest BCUT2D eigenvalue weighted by Gasteiger charge is -2.07. The van der Waals surface area contributed by atoms with Crippen molar-refractivity contribution >= 4 is 0 Å². The van der Waals surface area contributed by atoms with E-state index < -0.39 is 0 Å². The Morgan fingerprint density at radius 1 is 1.35 bits per heavy atom. The van der Waals surface area contributed by atoms with E-state index in [9.17, 15) is 0 Å². The highest BCUT2D eigenvalue weighted by Crippen LogP contribution is 1.97. The first-order valence-electron chi connectivity index (χ1n) is 6.39. The van der Waals surface area contributed by atoms with Gasteiger partial charge in [-0.05, 0) is 37.9 Å². The monoisotopic (exact) mass is 236 g/mol. The Morgan fingerprint density at radius 3 is 2.88 bits per heavy atom. The summed E-state index contributed by atoms with van der Waals surface area (Å²) in [4.78, 5) is 4.44. The van der Waals surface area contributed by atoms with Gasteiger partial charge < -0.3 is 10.1 Å². The van der Waals surface area contributed by atoms with Crippen LogP contribution >= 0.6 is 0 Å². The number of aryl methyl sites for hydroxylation is 1. The van der Waals surface area contributed by atoms with Crippen molar-refractivity contribution in [1.82, 2.24) is 10.3 Å². The molecule has 1 heterocycles. The van der Waals surface area contributed by atoms with Crippen LogP contribution in [0, 0.1) is 12.8 Å². The second-order valence-corrected chi connectivity index (χ2v) is 4.77. The first-order valence-corrected chi connectivity index (χ1v) is 6.39. The summed E-state index contributed by atoms with van der Waals surface area (Å²) in [7, 11) is 0. The second-order valence-electron chi connectivity index (χ2n) is 4.77. The van der Waals surface area contributed by atoms with Crippen LogP contribution in [0.1, 0.15) is 31.7 Å². The predicted molar refractivity (Wildman–Crippen MR) is 71.0 cm³/mol. The van der Waals surface area contributed by atoms with Crippen LogP contribution in [-0.4, -0.2) is 24.7 Å². The van der Waals surface area contributed by atoms with Gasteiger partial charge >= 0.3 is 0 Å². The van der Waals surface area contributed by atoms with Gasteiger partial charge in [0, 0.05) is 25.5 Å². The zero-order chi connectivity index (χ0) is 12.5. The van der Waals surface area contributed by atoms with Crippen molar-refractivity contribution in [2.45, 2.75) is 33.7 Å². The van der Waals surface area contributed by atoms with Crippen molar-refractivity contribution in [3.63, 3.8) is 0 Å². The third-order valence-corrected chi connectivity index (χ3v) is 2.35. The Bertz CT molecular complexity index is 313. The molecule has 0 bridgehead atoms. The topological polar surface area (TPSA) is 34.1 Å². The normalized spacial score (nSPS) is 11.1. The summed E-state index contributed by atoms with van der Waals surface area (Å²) in [6.07, 6.45) is 1.05. The van der Waals surface area contributed by atoms with Gasteiger partial charge in [0.1, 0.15) is 0 Å². The molecule has 3 heteroatoms. The molecule has 0 amide bonds. The molecule has 1 rings (SSSR count). The lowest BCUT2D eigenvalue weighted by atomic mass is 10.2. The van der Waals surface area contributed by atoms with Gasteiger partial charge in [-0.2, -0.15) is 0 Å². The minimum absolute atomic E-state index is 0.624. The Balaban J connectivity index is 2.01. The summed E-state index contributed by atoms with van der Waals surface area (Å²) in [5.41, 5.74) is 2.18. The van der Waals surface area contributed by atoms with Crippen LogP contribution in [0.4, 0.5) is 0 Å². The highest BCUT2D eigenvalue weighted by molar-refractivity contribution is 5.09. The third-order valence-electron chi connectivity index (χ3n) is 2.35. The van der Waals surface area contributed by atoms with E-state index >= 15 is 0 Å². The molecule has 17 heavy (non-hydrogen) atoms. The van der Waals surface area contributed by atoms with Gasteiger partial charge in [-0.15, -0.1) is 0 Å². The standard InChI is InChI=1S/C14H24N2O/c1-12(2)11-17-9-5-8-15-10-14-7-4-6-13(3)16-14/h4,6-7,12,15H,5,8-11H2,1-3H3. The van der Waals surface area contributed by atoms with Crippen LogP contribution in [0.5, 0.6) is 0 Å². The summed E-state index contributed by atoms with van der Waals surface area (Å²) in [5, 5.41) is 3.37. The molecule has 1 N–H and O–H groups in total. The van der Waals surface area contributed by atoms with Gasteiger partial charge in [0.2, 0.25) is 0 Å². The fourth-order valence-electron chi connectivity index (χ4n) is 1.53. The number of aromatic nitrogens is 1. The first kappa shape index (κ1) is 14.1. The van der Waals surface area contributed by atoms with Crippen molar-refractivity contribution in [2.75, 3.05) is 19.8 Å². The molecule has 0 saturated heterocycles. The van der Waals surface area contributed by atoms with E-state index in [1.54, 1.807) is 0 Å². The van der Waals surface area contributed by atoms with E-state index in [0.29, 0.717) is 5.92 Å². The van der Waals surface area contributed by atoms with Crippen molar-refractivity contribution in [3.05, 3.63) is 29.6 Å². The van der Waals surface area contributed by atoms with Crippen molar-refractivity contribution in [2.24, 2.45) is 5.92 Å². The number of nitrogens with zero attached hydrogens (tertiary/aromatic N) is 1. The maximum absolute atomic E-state index is 5.51. The molecule has 0 aliphatic heterocycles. The van der Waals surface area contributed by atoms with Crippen LogP contribution in [0.25, 0.3) is 0 Å². The molecule has 0 saturated carbocycles. The molecule has 3 nitrogen and oxygen atoms in total. The lowest BCUT2D eigenvalue weighted by Crippen LogP contribution is -2.17. The van der Waals surface area contributed by atoms with E-state index in [1.165, 1.54) is 0 Å². The average molecular weight is 236 g/mol. The van der Waals surface area contributed by atoms with Crippen molar-refractivity contribution in [1.29, 1.82) is 0 Å². The highest BCUT2D eigenvalue weighted by Gasteiger charge is 1.96. The van der Waals surface area contributed by atoms with Crippen LogP contribution in [-0.2, 0) is 11.3 Å². The van der Waals surface area contributed by atoms with Crippen molar-refractivity contribution in [3.8, 4) is 0 Å². The van der Waals surface area contributed by atoms with Gasteiger partial charge in [-0.25, -0.2) is 0 Å². The fourth-order valence-corrected chi connectivity index (χ4v) is 1.53. The Kier molecular flexibility index (Phi) is 6.82. The van der Waals surface area contributed by atoms with Crippen LogP contribution in [0.2, 0.25) is 0 Å². The largest absolute Gasteiger partial charge is 0.381 e. The lowest BCUT2D eigenvalue weighted by molar-refractivity contribution is 0.108. The first-order chi connectivity index (χ1) is 8.18. The van der Waals surface area contributed by atoms with Crippen molar-refractivity contribution < 1.29 is 4.74 Å². The molecular weight excluding hydrogens is 212 g/mol. The van der Waals surface area contributed by atoms with Crippen LogP contribution in [0.3, 0.4) is 0 Å². The second kappa shape index (κ2) is 8.20. The molecule has 96 valence electrons. The molecule has 0 aliphatic rings. The molecule has 0 aromatic carbocycles. The van der Waals surface area contributed by atoms with Gasteiger partial charge in [0.15, 0.2) is 0 Å². The number of rotatable bonds is 8. The summed E-state index contributed by atoms with van der Waals surface area (Å²) in [6, 6.07) is 6.11. The van der Waals surface area contributed by atoms with E-state index in [4.69, 9.17) is 4.74 Å². The molecule has 0 aliphatic carbocycles. The molecule has 1 aromatic rings. The Morgan fingerprint density at radius 2 is 2.18 bits per heavy atom. The van der Waals surface area contributed by atoms with E-state index in [0.717, 1.165) is 44.1 Å². The third kappa shape index (κ3) is 7.08. The Hall–Kier alpha value is -0.930. The number of hydrogen-bond donors (Lipinski definition) is 1. The molecule has 1 aromatic heterocycles. The van der Waals surface area contributed by atoms with E-state index in [1.807, 2.05) is 19.1 Å². The van der Waals surface area contributed by atoms with Crippen LogP contribution in [0.15, 0.2) is 18.2 Å². The number of pyridine rings is 1. The van der Waals surface area contributed by atoms with E-state index in [-0.39, 0.29) is 0 Å².